The average molecular weight is 418 g/mol. The maximum atomic E-state index is 13.0. The number of carbonyl (C=O) groups is 1. The topological polar surface area (TPSA) is 54.0 Å². The molecule has 1 N–H and O–H groups in total. The van der Waals surface area contributed by atoms with E-state index in [9.17, 15) is 4.79 Å². The fraction of sp³-hybridized carbons (Fsp3) is 0.409. The van der Waals surface area contributed by atoms with Gasteiger partial charge >= 0.3 is 0 Å². The second kappa shape index (κ2) is 9.85. The van der Waals surface area contributed by atoms with E-state index in [0.29, 0.717) is 41.0 Å². The molecule has 156 valence electrons. The first-order chi connectivity index (χ1) is 14.0. The summed E-state index contributed by atoms with van der Waals surface area (Å²) in [6, 6.07) is 10.8. The SMILES string of the molecule is CCOc1ccc(C(=O)Nc2cc(Cl)ccc2N2CCN(C)CC2)cc1OCC. The Bertz CT molecular complexity index is 851. The Morgan fingerprint density at radius 1 is 1.00 bits per heavy atom. The zero-order chi connectivity index (χ0) is 20.8. The summed E-state index contributed by atoms with van der Waals surface area (Å²) >= 11 is 6.22. The first-order valence-electron chi connectivity index (χ1n) is 9.95. The zero-order valence-electron chi connectivity index (χ0n) is 17.2. The predicted molar refractivity (Wildman–Crippen MR) is 118 cm³/mol. The van der Waals surface area contributed by atoms with Crippen LogP contribution in [0.4, 0.5) is 11.4 Å². The Balaban J connectivity index is 1.83. The van der Waals surface area contributed by atoms with Gasteiger partial charge in [0.25, 0.3) is 5.91 Å². The van der Waals surface area contributed by atoms with E-state index in [1.165, 1.54) is 0 Å². The van der Waals surface area contributed by atoms with Gasteiger partial charge in [-0.25, -0.2) is 0 Å². The molecular weight excluding hydrogens is 390 g/mol. The molecule has 2 aromatic carbocycles. The lowest BCUT2D eigenvalue weighted by atomic mass is 10.1. The molecule has 7 heteroatoms. The number of piperazine rings is 1. The summed E-state index contributed by atoms with van der Waals surface area (Å²) in [6.07, 6.45) is 0. The molecule has 1 fully saturated rings. The van der Waals surface area contributed by atoms with Gasteiger partial charge in [0, 0.05) is 36.8 Å². The van der Waals surface area contributed by atoms with Gasteiger partial charge < -0.3 is 24.6 Å². The van der Waals surface area contributed by atoms with Crippen molar-refractivity contribution in [1.29, 1.82) is 0 Å². The molecule has 1 aliphatic heterocycles. The molecular formula is C22H28ClN3O3. The Morgan fingerprint density at radius 2 is 1.69 bits per heavy atom. The number of amides is 1. The molecule has 1 saturated heterocycles. The number of rotatable bonds is 7. The third-order valence-corrected chi connectivity index (χ3v) is 5.09. The zero-order valence-corrected chi connectivity index (χ0v) is 18.0. The molecule has 6 nitrogen and oxygen atoms in total. The first-order valence-corrected chi connectivity index (χ1v) is 10.3. The molecule has 0 atom stereocenters. The van der Waals surface area contributed by atoms with Gasteiger partial charge in [-0.3, -0.25) is 4.79 Å². The summed E-state index contributed by atoms with van der Waals surface area (Å²) in [5.74, 6) is 0.978. The molecule has 0 aliphatic carbocycles. The van der Waals surface area contributed by atoms with Gasteiger partial charge in [-0.05, 0) is 57.3 Å². The number of nitrogens with zero attached hydrogens (tertiary/aromatic N) is 2. The highest BCUT2D eigenvalue weighted by Gasteiger charge is 2.19. The maximum Gasteiger partial charge on any atom is 0.255 e. The summed E-state index contributed by atoms with van der Waals surface area (Å²) in [7, 11) is 2.11. The van der Waals surface area contributed by atoms with Crippen molar-refractivity contribution >= 4 is 28.9 Å². The number of nitrogens with one attached hydrogen (secondary N) is 1. The van der Waals surface area contributed by atoms with E-state index >= 15 is 0 Å². The average Bonchev–Trinajstić information content (AvgIpc) is 2.70. The third-order valence-electron chi connectivity index (χ3n) is 4.86. The van der Waals surface area contributed by atoms with Gasteiger partial charge in [0.1, 0.15) is 0 Å². The lowest BCUT2D eigenvalue weighted by Gasteiger charge is -2.35. The van der Waals surface area contributed by atoms with Gasteiger partial charge in [-0.2, -0.15) is 0 Å². The Labute approximate surface area is 177 Å². The standard InChI is InChI=1S/C22H28ClN3O3/c1-4-28-20-9-6-16(14-21(20)29-5-2)22(27)24-18-15-17(23)7-8-19(18)26-12-10-25(3)11-13-26/h6-9,14-15H,4-5,10-13H2,1-3H3,(H,24,27). The van der Waals surface area contributed by atoms with Crippen LogP contribution in [0, 0.1) is 0 Å². The van der Waals surface area contributed by atoms with Crippen LogP contribution in [0.2, 0.25) is 5.02 Å². The van der Waals surface area contributed by atoms with Crippen molar-refractivity contribution in [2.75, 3.05) is 56.7 Å². The summed E-state index contributed by atoms with van der Waals surface area (Å²) in [5.41, 5.74) is 2.19. The second-order valence-corrected chi connectivity index (χ2v) is 7.37. The van der Waals surface area contributed by atoms with Crippen molar-refractivity contribution in [1.82, 2.24) is 4.90 Å². The van der Waals surface area contributed by atoms with Gasteiger partial charge in [0.05, 0.1) is 24.6 Å². The van der Waals surface area contributed by atoms with Crippen LogP contribution < -0.4 is 19.7 Å². The van der Waals surface area contributed by atoms with Crippen LogP contribution in [0.3, 0.4) is 0 Å². The molecule has 29 heavy (non-hydrogen) atoms. The van der Waals surface area contributed by atoms with Crippen LogP contribution in [-0.4, -0.2) is 57.2 Å². The number of ether oxygens (including phenoxy) is 2. The molecule has 0 saturated carbocycles. The number of anilines is 2. The number of hydrogen-bond donors (Lipinski definition) is 1. The second-order valence-electron chi connectivity index (χ2n) is 6.93. The highest BCUT2D eigenvalue weighted by Crippen LogP contribution is 2.32. The van der Waals surface area contributed by atoms with Crippen molar-refractivity contribution < 1.29 is 14.3 Å². The van der Waals surface area contributed by atoms with Crippen LogP contribution in [-0.2, 0) is 0 Å². The highest BCUT2D eigenvalue weighted by atomic mass is 35.5. The van der Waals surface area contributed by atoms with Gasteiger partial charge in [0.2, 0.25) is 0 Å². The smallest absolute Gasteiger partial charge is 0.255 e. The number of carbonyl (C=O) groups excluding carboxylic acids is 1. The Kier molecular flexibility index (Phi) is 7.23. The molecule has 0 unspecified atom stereocenters. The number of benzene rings is 2. The van der Waals surface area contributed by atoms with E-state index in [4.69, 9.17) is 21.1 Å². The number of halogens is 1. The Hall–Kier alpha value is -2.44. The van der Waals surface area contributed by atoms with Crippen LogP contribution in [0.25, 0.3) is 0 Å². The van der Waals surface area contributed by atoms with Crippen molar-refractivity contribution in [2.24, 2.45) is 0 Å². The fourth-order valence-electron chi connectivity index (χ4n) is 3.32. The van der Waals surface area contributed by atoms with Crippen molar-refractivity contribution in [3.63, 3.8) is 0 Å². The van der Waals surface area contributed by atoms with Crippen molar-refractivity contribution in [3.05, 3.63) is 47.0 Å². The van der Waals surface area contributed by atoms with E-state index in [1.54, 1.807) is 24.3 Å². The maximum absolute atomic E-state index is 13.0. The van der Waals surface area contributed by atoms with E-state index < -0.39 is 0 Å². The van der Waals surface area contributed by atoms with Gasteiger partial charge in [0.15, 0.2) is 11.5 Å². The largest absolute Gasteiger partial charge is 0.490 e. The van der Waals surface area contributed by atoms with E-state index in [2.05, 4.69) is 22.2 Å². The molecule has 3 rings (SSSR count). The summed E-state index contributed by atoms with van der Waals surface area (Å²) in [5, 5.41) is 3.61. The van der Waals surface area contributed by atoms with Gasteiger partial charge in [-0.1, -0.05) is 11.6 Å². The first kappa shape index (κ1) is 21.3. The number of hydrogen-bond acceptors (Lipinski definition) is 5. The molecule has 1 heterocycles. The van der Waals surface area contributed by atoms with E-state index in [-0.39, 0.29) is 5.91 Å². The summed E-state index contributed by atoms with van der Waals surface area (Å²) < 4.78 is 11.2. The molecule has 0 spiro atoms. The van der Waals surface area contributed by atoms with E-state index in [0.717, 1.165) is 31.9 Å². The van der Waals surface area contributed by atoms with Gasteiger partial charge in [-0.15, -0.1) is 0 Å². The highest BCUT2D eigenvalue weighted by molar-refractivity contribution is 6.31. The predicted octanol–water partition coefficient (Wildman–Crippen LogP) is 4.14. The van der Waals surface area contributed by atoms with Crippen molar-refractivity contribution in [3.8, 4) is 11.5 Å². The monoisotopic (exact) mass is 417 g/mol. The van der Waals surface area contributed by atoms with Crippen LogP contribution in [0.15, 0.2) is 36.4 Å². The van der Waals surface area contributed by atoms with Crippen LogP contribution >= 0.6 is 11.6 Å². The van der Waals surface area contributed by atoms with Crippen LogP contribution in [0.1, 0.15) is 24.2 Å². The third kappa shape index (κ3) is 5.34. The molecule has 0 radical (unpaired) electrons. The fourth-order valence-corrected chi connectivity index (χ4v) is 3.49. The quantitative estimate of drug-likeness (QED) is 0.733. The number of likely N-dealkylation sites (N-methyl/N-ethyl adjacent to an activating group) is 1. The minimum atomic E-state index is -0.216. The Morgan fingerprint density at radius 3 is 2.38 bits per heavy atom. The van der Waals surface area contributed by atoms with Crippen molar-refractivity contribution in [2.45, 2.75) is 13.8 Å². The molecule has 2 aromatic rings. The normalized spacial score (nSPS) is 14.6. The lowest BCUT2D eigenvalue weighted by molar-refractivity contribution is 0.102. The molecule has 0 bridgehead atoms. The van der Waals surface area contributed by atoms with Crippen LogP contribution in [0.5, 0.6) is 11.5 Å². The summed E-state index contributed by atoms with van der Waals surface area (Å²) in [4.78, 5) is 17.5. The summed E-state index contributed by atoms with van der Waals surface area (Å²) in [6.45, 7) is 8.60. The molecule has 1 amide bonds. The minimum Gasteiger partial charge on any atom is -0.490 e. The molecule has 0 aromatic heterocycles. The van der Waals surface area contributed by atoms with E-state index in [1.807, 2.05) is 26.0 Å². The molecule has 1 aliphatic rings. The minimum absolute atomic E-state index is 0.216. The lowest BCUT2D eigenvalue weighted by Crippen LogP contribution is -2.44.